The van der Waals surface area contributed by atoms with Crippen LogP contribution in [0.25, 0.3) is 22.4 Å². The lowest BCUT2D eigenvalue weighted by Gasteiger charge is -2.18. The van der Waals surface area contributed by atoms with Crippen LogP contribution in [0, 0.1) is 6.92 Å². The van der Waals surface area contributed by atoms with E-state index < -0.39 is 0 Å². The van der Waals surface area contributed by atoms with E-state index in [1.165, 1.54) is 4.90 Å². The molecular weight excluding hydrogens is 418 g/mol. The standard InChI is InChI=1S/C25H23N5O3/c1-15-10-11-26-20(12-15)28-21(31)14-30(2)25(32)18-13-19(16-8-9-16)27-24-22(18)23(29-33-24)17-6-4-3-5-7-17/h3-7,10-13,16H,8-9,14H2,1-2H3,(H,26,28,31). The molecule has 0 aliphatic heterocycles. The van der Waals surface area contributed by atoms with E-state index in [1.54, 1.807) is 19.3 Å². The number of aryl methyl sites for hydroxylation is 1. The Labute approximate surface area is 190 Å². The van der Waals surface area contributed by atoms with E-state index in [0.717, 1.165) is 29.7 Å². The maximum Gasteiger partial charge on any atom is 0.259 e. The number of nitrogens with zero attached hydrogens (tertiary/aromatic N) is 4. The van der Waals surface area contributed by atoms with Crippen molar-refractivity contribution in [3.63, 3.8) is 0 Å². The highest BCUT2D eigenvalue weighted by Crippen LogP contribution is 2.41. The van der Waals surface area contributed by atoms with Crippen molar-refractivity contribution in [2.75, 3.05) is 18.9 Å². The summed E-state index contributed by atoms with van der Waals surface area (Å²) in [5.41, 5.74) is 3.97. The van der Waals surface area contributed by atoms with Crippen molar-refractivity contribution in [2.24, 2.45) is 0 Å². The van der Waals surface area contributed by atoms with Crippen molar-refractivity contribution in [2.45, 2.75) is 25.7 Å². The minimum atomic E-state index is -0.328. The normalized spacial score (nSPS) is 13.2. The molecular formula is C25H23N5O3. The van der Waals surface area contributed by atoms with Crippen molar-refractivity contribution in [3.05, 3.63) is 71.5 Å². The first-order chi connectivity index (χ1) is 16.0. The van der Waals surface area contributed by atoms with Crippen LogP contribution in [-0.4, -0.2) is 45.4 Å². The molecule has 0 unspecified atom stereocenters. The Bertz CT molecular complexity index is 1340. The van der Waals surface area contributed by atoms with E-state index in [9.17, 15) is 9.59 Å². The predicted octanol–water partition coefficient (Wildman–Crippen LogP) is 4.18. The lowest BCUT2D eigenvalue weighted by molar-refractivity contribution is -0.116. The molecule has 4 aromatic rings. The largest absolute Gasteiger partial charge is 0.335 e. The molecule has 1 aliphatic carbocycles. The quantitative estimate of drug-likeness (QED) is 0.482. The fourth-order valence-electron chi connectivity index (χ4n) is 3.80. The number of nitrogens with one attached hydrogen (secondary N) is 1. The number of pyridine rings is 2. The van der Waals surface area contributed by atoms with Crippen molar-refractivity contribution in [1.29, 1.82) is 0 Å². The molecule has 8 heteroatoms. The second-order valence-electron chi connectivity index (χ2n) is 8.37. The van der Waals surface area contributed by atoms with Crippen LogP contribution in [0.3, 0.4) is 0 Å². The van der Waals surface area contributed by atoms with E-state index >= 15 is 0 Å². The van der Waals surface area contributed by atoms with Crippen LogP contribution < -0.4 is 5.32 Å². The van der Waals surface area contributed by atoms with Gasteiger partial charge in [-0.1, -0.05) is 35.5 Å². The van der Waals surface area contributed by atoms with Gasteiger partial charge in [0, 0.05) is 30.4 Å². The van der Waals surface area contributed by atoms with Gasteiger partial charge in [-0.25, -0.2) is 9.97 Å². The molecule has 8 nitrogen and oxygen atoms in total. The average molecular weight is 441 g/mol. The molecule has 1 aliphatic rings. The van der Waals surface area contributed by atoms with Gasteiger partial charge in [-0.3, -0.25) is 9.59 Å². The molecule has 5 rings (SSSR count). The molecule has 0 atom stereocenters. The summed E-state index contributed by atoms with van der Waals surface area (Å²) in [7, 11) is 1.60. The second-order valence-corrected chi connectivity index (χ2v) is 8.37. The molecule has 3 aromatic heterocycles. The highest BCUT2D eigenvalue weighted by atomic mass is 16.5. The van der Waals surface area contributed by atoms with E-state index in [4.69, 9.17) is 4.52 Å². The first-order valence-corrected chi connectivity index (χ1v) is 10.8. The van der Waals surface area contributed by atoms with Crippen molar-refractivity contribution >= 4 is 28.7 Å². The highest BCUT2D eigenvalue weighted by molar-refractivity contribution is 6.10. The summed E-state index contributed by atoms with van der Waals surface area (Å²) >= 11 is 0. The number of carbonyl (C=O) groups excluding carboxylic acids is 2. The number of hydrogen-bond acceptors (Lipinski definition) is 6. The lowest BCUT2D eigenvalue weighted by Crippen LogP contribution is -2.35. The number of benzene rings is 1. The number of anilines is 1. The van der Waals surface area contributed by atoms with Gasteiger partial charge in [0.2, 0.25) is 5.91 Å². The summed E-state index contributed by atoms with van der Waals surface area (Å²) < 4.78 is 5.54. The molecule has 33 heavy (non-hydrogen) atoms. The molecule has 1 aromatic carbocycles. The van der Waals surface area contributed by atoms with Gasteiger partial charge in [0.15, 0.2) is 0 Å². The third-order valence-corrected chi connectivity index (χ3v) is 5.65. The molecule has 2 amide bonds. The van der Waals surface area contributed by atoms with Gasteiger partial charge in [-0.05, 0) is 43.5 Å². The SMILES string of the molecule is Cc1ccnc(NC(=O)CN(C)C(=O)c2cc(C3CC3)nc3onc(-c4ccccc4)c23)c1. The third kappa shape index (κ3) is 4.32. The Hall–Kier alpha value is -4.07. The van der Waals surface area contributed by atoms with Gasteiger partial charge < -0.3 is 14.7 Å². The summed E-state index contributed by atoms with van der Waals surface area (Å²) in [6.07, 6.45) is 3.70. The van der Waals surface area contributed by atoms with Crippen LogP contribution in [0.1, 0.15) is 40.4 Å². The molecule has 1 saturated carbocycles. The Morgan fingerprint density at radius 3 is 2.67 bits per heavy atom. The number of likely N-dealkylation sites (N-methyl/N-ethyl adjacent to an activating group) is 1. The van der Waals surface area contributed by atoms with Gasteiger partial charge in [0.05, 0.1) is 17.5 Å². The lowest BCUT2D eigenvalue weighted by atomic mass is 10.0. The molecule has 0 radical (unpaired) electrons. The van der Waals surface area contributed by atoms with Gasteiger partial charge >= 0.3 is 0 Å². The van der Waals surface area contributed by atoms with E-state index in [1.807, 2.05) is 49.4 Å². The smallest absolute Gasteiger partial charge is 0.259 e. The molecule has 1 fully saturated rings. The van der Waals surface area contributed by atoms with E-state index in [0.29, 0.717) is 34.1 Å². The Morgan fingerprint density at radius 1 is 1.15 bits per heavy atom. The molecule has 3 heterocycles. The van der Waals surface area contributed by atoms with Crippen LogP contribution in [-0.2, 0) is 4.79 Å². The second kappa shape index (κ2) is 8.46. The summed E-state index contributed by atoms with van der Waals surface area (Å²) in [6, 6.07) is 15.0. The number of aromatic nitrogens is 3. The highest BCUT2D eigenvalue weighted by Gasteiger charge is 2.30. The Kier molecular flexibility index (Phi) is 5.34. The number of fused-ring (bicyclic) bond motifs is 1. The molecule has 0 saturated heterocycles. The maximum atomic E-state index is 13.5. The molecule has 0 bridgehead atoms. The zero-order valence-corrected chi connectivity index (χ0v) is 18.4. The number of carbonyl (C=O) groups is 2. The maximum absolute atomic E-state index is 13.5. The van der Waals surface area contributed by atoms with Crippen LogP contribution in [0.5, 0.6) is 0 Å². The third-order valence-electron chi connectivity index (χ3n) is 5.65. The van der Waals surface area contributed by atoms with Crippen LogP contribution >= 0.6 is 0 Å². The number of rotatable bonds is 6. The van der Waals surface area contributed by atoms with Gasteiger partial charge in [0.1, 0.15) is 11.5 Å². The topological polar surface area (TPSA) is 101 Å². The summed E-state index contributed by atoms with van der Waals surface area (Å²) in [6.45, 7) is 1.80. The monoisotopic (exact) mass is 441 g/mol. The number of hydrogen-bond donors (Lipinski definition) is 1. The van der Waals surface area contributed by atoms with Crippen molar-refractivity contribution in [1.82, 2.24) is 20.0 Å². The predicted molar refractivity (Wildman–Crippen MR) is 124 cm³/mol. The zero-order chi connectivity index (χ0) is 22.9. The van der Waals surface area contributed by atoms with Crippen LogP contribution in [0.2, 0.25) is 0 Å². The van der Waals surface area contributed by atoms with Crippen molar-refractivity contribution in [3.8, 4) is 11.3 Å². The molecule has 166 valence electrons. The minimum absolute atomic E-state index is 0.122. The van der Waals surface area contributed by atoms with Gasteiger partial charge in [-0.2, -0.15) is 0 Å². The Morgan fingerprint density at radius 2 is 1.94 bits per heavy atom. The van der Waals surface area contributed by atoms with Crippen molar-refractivity contribution < 1.29 is 14.1 Å². The average Bonchev–Trinajstić information content (AvgIpc) is 3.57. The van der Waals surface area contributed by atoms with Gasteiger partial charge in [-0.15, -0.1) is 0 Å². The fraction of sp³-hybridized carbons (Fsp3) is 0.240. The summed E-state index contributed by atoms with van der Waals surface area (Å²) in [4.78, 5) is 36.2. The first kappa shape index (κ1) is 20.8. The van der Waals surface area contributed by atoms with Crippen LogP contribution in [0.4, 0.5) is 5.82 Å². The molecule has 0 spiro atoms. The fourth-order valence-corrected chi connectivity index (χ4v) is 3.80. The summed E-state index contributed by atoms with van der Waals surface area (Å²) in [5.74, 6) is 0.156. The van der Waals surface area contributed by atoms with Gasteiger partial charge in [0.25, 0.3) is 11.6 Å². The zero-order valence-electron chi connectivity index (χ0n) is 18.4. The minimum Gasteiger partial charge on any atom is -0.335 e. The van der Waals surface area contributed by atoms with E-state index in [-0.39, 0.29) is 18.4 Å². The first-order valence-electron chi connectivity index (χ1n) is 10.8. The Balaban J connectivity index is 1.46. The number of amides is 2. The van der Waals surface area contributed by atoms with E-state index in [2.05, 4.69) is 20.4 Å². The summed E-state index contributed by atoms with van der Waals surface area (Å²) in [5, 5.41) is 7.52. The van der Waals surface area contributed by atoms with Crippen LogP contribution in [0.15, 0.2) is 59.3 Å². The molecule has 1 N–H and O–H groups in total.